The molecule has 0 spiro atoms. The predicted octanol–water partition coefficient (Wildman–Crippen LogP) is 3.94. The average Bonchev–Trinajstić information content (AvgIpc) is 2.68. The summed E-state index contributed by atoms with van der Waals surface area (Å²) in [5, 5.41) is 25.0. The summed E-state index contributed by atoms with van der Waals surface area (Å²) in [4.78, 5) is 12.5. The average molecular weight is 542 g/mol. The number of sulfone groups is 1. The molecule has 3 rings (SSSR count). The third-order valence-electron chi connectivity index (χ3n) is 4.07. The minimum Gasteiger partial charge on any atom is -0.506 e. The van der Waals surface area contributed by atoms with E-state index in [1.165, 1.54) is 18.3 Å². The highest BCUT2D eigenvalue weighted by Crippen LogP contribution is 2.40. The van der Waals surface area contributed by atoms with Gasteiger partial charge in [-0.2, -0.15) is 5.10 Å². The fourth-order valence-electron chi connectivity index (χ4n) is 2.54. The summed E-state index contributed by atoms with van der Waals surface area (Å²) in [5.41, 5.74) is 2.96. The highest BCUT2D eigenvalue weighted by molar-refractivity contribution is 9.11. The summed E-state index contributed by atoms with van der Waals surface area (Å²) in [6, 6.07) is 11.0. The van der Waals surface area contributed by atoms with Crippen LogP contribution in [0.3, 0.4) is 0 Å². The summed E-state index contributed by atoms with van der Waals surface area (Å²) in [6.45, 7) is 0. The van der Waals surface area contributed by atoms with Gasteiger partial charge in [-0.1, -0.05) is 12.1 Å². The van der Waals surface area contributed by atoms with E-state index < -0.39 is 15.7 Å². The van der Waals surface area contributed by atoms with Crippen LogP contribution in [0, 0.1) is 0 Å². The molecule has 0 saturated heterocycles. The Morgan fingerprint density at radius 2 is 1.69 bits per heavy atom. The molecule has 3 aromatic carbocycles. The Labute approximate surface area is 183 Å². The van der Waals surface area contributed by atoms with Gasteiger partial charge in [-0.25, -0.2) is 13.8 Å². The van der Waals surface area contributed by atoms with Gasteiger partial charge in [0.25, 0.3) is 5.91 Å². The Morgan fingerprint density at radius 3 is 2.38 bits per heavy atom. The molecule has 0 fully saturated rings. The van der Waals surface area contributed by atoms with Crippen LogP contribution in [-0.4, -0.2) is 37.0 Å². The number of rotatable bonds is 4. The van der Waals surface area contributed by atoms with Gasteiger partial charge in [0.1, 0.15) is 16.0 Å². The van der Waals surface area contributed by atoms with E-state index in [4.69, 9.17) is 0 Å². The molecule has 0 saturated carbocycles. The van der Waals surface area contributed by atoms with Crippen LogP contribution in [0.2, 0.25) is 0 Å². The molecule has 3 aromatic rings. The quantitative estimate of drug-likeness (QED) is 0.341. The smallest absolute Gasteiger partial charge is 0.271 e. The van der Waals surface area contributed by atoms with Crippen LogP contribution >= 0.6 is 31.9 Å². The number of fused-ring (bicyclic) bond motifs is 1. The topological polar surface area (TPSA) is 116 Å². The number of carbonyl (C=O) groups is 1. The summed E-state index contributed by atoms with van der Waals surface area (Å²) in [7, 11) is -3.31. The van der Waals surface area contributed by atoms with Crippen molar-refractivity contribution in [2.75, 3.05) is 6.26 Å². The molecule has 29 heavy (non-hydrogen) atoms. The second kappa shape index (κ2) is 8.13. The molecule has 0 heterocycles. The largest absolute Gasteiger partial charge is 0.506 e. The molecule has 0 atom stereocenters. The molecule has 0 aliphatic rings. The van der Waals surface area contributed by atoms with Crippen molar-refractivity contribution in [3.8, 4) is 11.5 Å². The normalized spacial score (nSPS) is 11.8. The van der Waals surface area contributed by atoms with E-state index >= 15 is 0 Å². The van der Waals surface area contributed by atoms with Gasteiger partial charge >= 0.3 is 0 Å². The summed E-state index contributed by atoms with van der Waals surface area (Å²) in [5.74, 6) is -0.860. The number of nitrogens with one attached hydrogen (secondary N) is 1. The number of nitrogens with zero attached hydrogens (tertiary/aromatic N) is 1. The number of carbonyl (C=O) groups excluding carboxylic acids is 1. The fraction of sp³-hybridized carbons (Fsp3) is 0.0526. The van der Waals surface area contributed by atoms with E-state index in [-0.39, 0.29) is 26.4 Å². The molecule has 0 aromatic heterocycles. The second-order valence-corrected chi connectivity index (χ2v) is 9.82. The van der Waals surface area contributed by atoms with Gasteiger partial charge in [0.2, 0.25) is 0 Å². The molecule has 0 aliphatic heterocycles. The zero-order valence-electron chi connectivity index (χ0n) is 14.8. The molecule has 0 unspecified atom stereocenters. The number of phenols is 2. The number of halogens is 2. The molecule has 150 valence electrons. The SMILES string of the molecule is CS(=O)(=O)c1ccc2cc(C(=O)N/N=C/c3cc(Br)c(O)c(Br)c3O)ccc2c1. The minimum absolute atomic E-state index is 0.0997. The molecule has 0 radical (unpaired) electrons. The van der Waals surface area contributed by atoms with Gasteiger partial charge in [-0.15, -0.1) is 0 Å². The van der Waals surface area contributed by atoms with Crippen molar-refractivity contribution in [1.82, 2.24) is 5.43 Å². The molecule has 3 N–H and O–H groups in total. The molecule has 10 heteroatoms. The maximum absolute atomic E-state index is 12.3. The number of hydrazone groups is 1. The van der Waals surface area contributed by atoms with E-state index in [0.29, 0.717) is 20.8 Å². The van der Waals surface area contributed by atoms with E-state index in [0.717, 1.165) is 6.26 Å². The van der Waals surface area contributed by atoms with Gasteiger partial charge in [-0.3, -0.25) is 4.79 Å². The minimum atomic E-state index is -3.31. The first-order valence-corrected chi connectivity index (χ1v) is 11.5. The van der Waals surface area contributed by atoms with Crippen molar-refractivity contribution in [2.24, 2.45) is 5.10 Å². The second-order valence-electron chi connectivity index (χ2n) is 6.15. The Kier molecular flexibility index (Phi) is 5.97. The highest BCUT2D eigenvalue weighted by atomic mass is 79.9. The van der Waals surface area contributed by atoms with Crippen molar-refractivity contribution in [3.63, 3.8) is 0 Å². The van der Waals surface area contributed by atoms with Crippen LogP contribution in [0.25, 0.3) is 10.8 Å². The van der Waals surface area contributed by atoms with E-state index in [2.05, 4.69) is 42.4 Å². The first-order valence-electron chi connectivity index (χ1n) is 8.05. The highest BCUT2D eigenvalue weighted by Gasteiger charge is 2.13. The lowest BCUT2D eigenvalue weighted by Crippen LogP contribution is -2.17. The predicted molar refractivity (Wildman–Crippen MR) is 117 cm³/mol. The van der Waals surface area contributed by atoms with E-state index in [9.17, 15) is 23.4 Å². The van der Waals surface area contributed by atoms with Crippen LogP contribution in [0.1, 0.15) is 15.9 Å². The molecule has 0 bridgehead atoms. The zero-order valence-corrected chi connectivity index (χ0v) is 18.8. The van der Waals surface area contributed by atoms with Crippen LogP contribution in [0.5, 0.6) is 11.5 Å². The van der Waals surface area contributed by atoms with Crippen LogP contribution in [-0.2, 0) is 9.84 Å². The lowest BCUT2D eigenvalue weighted by Gasteiger charge is -2.07. The Hall–Kier alpha value is -2.43. The van der Waals surface area contributed by atoms with Crippen molar-refractivity contribution in [1.29, 1.82) is 0 Å². The lowest BCUT2D eigenvalue weighted by atomic mass is 10.1. The number of hydrogen-bond acceptors (Lipinski definition) is 6. The van der Waals surface area contributed by atoms with Crippen molar-refractivity contribution in [2.45, 2.75) is 4.90 Å². The number of hydrogen-bond donors (Lipinski definition) is 3. The molecule has 0 aliphatic carbocycles. The monoisotopic (exact) mass is 540 g/mol. The van der Waals surface area contributed by atoms with Crippen LogP contribution in [0.4, 0.5) is 0 Å². The molecular formula is C19H14Br2N2O5S. The van der Waals surface area contributed by atoms with Crippen molar-refractivity contribution in [3.05, 3.63) is 62.5 Å². The number of phenolic OH excluding ortho intramolecular Hbond substituents is 2. The summed E-state index contributed by atoms with van der Waals surface area (Å²) >= 11 is 6.21. The third kappa shape index (κ3) is 4.60. The van der Waals surface area contributed by atoms with E-state index in [1.54, 1.807) is 30.3 Å². The van der Waals surface area contributed by atoms with Gasteiger partial charge in [0, 0.05) is 17.4 Å². The Bertz CT molecular complexity index is 1270. The standard InChI is InChI=1S/C19H14Br2N2O5S/c1-29(27,28)14-5-4-10-6-12(3-2-11(10)7-14)19(26)23-22-9-13-8-15(20)18(25)16(21)17(13)24/h2-9,24-25H,1H3,(H,23,26)/b22-9+. The molecular weight excluding hydrogens is 528 g/mol. The van der Waals surface area contributed by atoms with Gasteiger partial charge < -0.3 is 10.2 Å². The van der Waals surface area contributed by atoms with Gasteiger partial charge in [0.05, 0.1) is 15.6 Å². The van der Waals surface area contributed by atoms with Crippen molar-refractivity contribution >= 4 is 64.6 Å². The lowest BCUT2D eigenvalue weighted by molar-refractivity contribution is 0.0955. The summed E-state index contributed by atoms with van der Waals surface area (Å²) < 4.78 is 23.8. The fourth-order valence-corrected chi connectivity index (χ4v) is 4.35. The van der Waals surface area contributed by atoms with Gasteiger partial charge in [0.15, 0.2) is 9.84 Å². The molecule has 7 nitrogen and oxygen atoms in total. The van der Waals surface area contributed by atoms with E-state index in [1.807, 2.05) is 0 Å². The first kappa shape index (κ1) is 21.3. The number of amides is 1. The molecule has 1 amide bonds. The maximum Gasteiger partial charge on any atom is 0.271 e. The Morgan fingerprint density at radius 1 is 1.03 bits per heavy atom. The third-order valence-corrected chi connectivity index (χ3v) is 6.54. The summed E-state index contributed by atoms with van der Waals surface area (Å²) in [6.07, 6.45) is 2.37. The maximum atomic E-state index is 12.3. The zero-order chi connectivity index (χ0) is 21.3. The van der Waals surface area contributed by atoms with Crippen molar-refractivity contribution < 1.29 is 23.4 Å². The van der Waals surface area contributed by atoms with Gasteiger partial charge in [-0.05, 0) is 73.0 Å². The Balaban J connectivity index is 1.81. The number of benzene rings is 3. The van der Waals surface area contributed by atoms with Crippen LogP contribution in [0.15, 0.2) is 61.4 Å². The number of aromatic hydroxyl groups is 2. The van der Waals surface area contributed by atoms with Crippen LogP contribution < -0.4 is 5.43 Å². The first-order chi connectivity index (χ1) is 13.6.